The molecule has 1 nitrogen and oxygen atoms in total. The van der Waals surface area contributed by atoms with Gasteiger partial charge in [-0.25, -0.2) is 0 Å². The van der Waals surface area contributed by atoms with Crippen LogP contribution in [0.15, 0.2) is 206 Å². The topological polar surface area (TPSA) is 12.9 Å². The maximum absolute atomic E-state index is 4.86. The molecule has 1 radical (unpaired) electrons. The molecule has 0 atom stereocenters. The maximum Gasteiger partial charge on any atom is 0.102 e. The van der Waals surface area contributed by atoms with Gasteiger partial charge in [0.2, 0.25) is 0 Å². The third-order valence-corrected chi connectivity index (χ3v) is 14.2. The number of nitrogens with zero attached hydrogens (tertiary/aromatic N) is 1. The van der Waals surface area contributed by atoms with Gasteiger partial charge in [0.25, 0.3) is 0 Å². The summed E-state index contributed by atoms with van der Waals surface area (Å²) in [6.07, 6.45) is 0. The van der Waals surface area contributed by atoms with Crippen molar-refractivity contribution in [1.82, 2.24) is 4.98 Å². The summed E-state index contributed by atoms with van der Waals surface area (Å²) in [5, 5.41) is 6.98. The van der Waals surface area contributed by atoms with E-state index < -0.39 is 15.8 Å². The van der Waals surface area contributed by atoms with Crippen molar-refractivity contribution < 1.29 is 20.1 Å². The van der Waals surface area contributed by atoms with Crippen molar-refractivity contribution in [3.63, 3.8) is 0 Å². The van der Waals surface area contributed by atoms with E-state index in [4.69, 9.17) is 4.98 Å². The van der Waals surface area contributed by atoms with E-state index in [9.17, 15) is 0 Å². The van der Waals surface area contributed by atoms with E-state index in [0.29, 0.717) is 0 Å². The molecule has 7 aromatic carbocycles. The van der Waals surface area contributed by atoms with Crippen molar-refractivity contribution in [2.24, 2.45) is 0 Å². The quantitative estimate of drug-likeness (QED) is 0.115. The molecule has 1 aromatic heterocycles. The molecule has 0 amide bonds. The summed E-state index contributed by atoms with van der Waals surface area (Å²) in [5.41, 5.74) is 8.25. The molecule has 1 heterocycles. The number of rotatable bonds is 7. The van der Waals surface area contributed by atoms with E-state index in [1.165, 1.54) is 48.9 Å². The first-order valence-electron chi connectivity index (χ1n) is 17.0. The van der Waals surface area contributed by atoms with Gasteiger partial charge >= 0.3 is 0 Å². The van der Waals surface area contributed by atoms with Crippen LogP contribution in [-0.2, 0) is 20.1 Å². The predicted octanol–water partition coefficient (Wildman–Crippen LogP) is 10.5. The van der Waals surface area contributed by atoms with Crippen LogP contribution in [-0.4, -0.2) is 4.98 Å². The molecule has 0 fully saturated rings. The zero-order valence-corrected chi connectivity index (χ0v) is 32.3. The number of fused-ring (bicyclic) bond motifs is 3. The Balaban J connectivity index is 0.000000160. The molecule has 0 bridgehead atoms. The monoisotopic (exact) mass is 869 g/mol. The minimum atomic E-state index is -0.964. The summed E-state index contributed by atoms with van der Waals surface area (Å²) in [5.74, 6) is 5.01. The van der Waals surface area contributed by atoms with Gasteiger partial charge in [-0.2, -0.15) is 0 Å². The molecule has 247 valence electrons. The molecule has 9 rings (SSSR count). The molecular weight excluding hydrogens is 833 g/mol. The summed E-state index contributed by atoms with van der Waals surface area (Å²) < 4.78 is 0. The van der Waals surface area contributed by atoms with Crippen LogP contribution >= 0.6 is 15.8 Å². The van der Waals surface area contributed by atoms with Crippen LogP contribution in [0.25, 0.3) is 44.4 Å². The Morgan fingerprint density at radius 1 is 0.412 bits per heavy atom. The van der Waals surface area contributed by atoms with Crippen LogP contribution in [0, 0.1) is 6.07 Å². The number of hydrogen-bond donors (Lipinski definition) is 0. The Hall–Kier alpha value is -4.80. The standard InChI is InChI=1S/C26H22P2.C21H12N.Ir/c1-5-13-23(14-6-1)27(24-15-7-2-8-16-24)21-22-28(25-17-9-3-10-18-25)26-19-11-4-12-20-26;1-2-7-14(8-3-1)20-13-18-16-10-5-4-9-15(16)17-11-6-12-19(22-20)21(17)18;/h1-22H;1-7,9-13H;/q;-1;/p+2/b22-21-;;. The van der Waals surface area contributed by atoms with Crippen molar-refractivity contribution in [2.75, 3.05) is 0 Å². The fourth-order valence-electron chi connectivity index (χ4n) is 6.72. The minimum Gasteiger partial charge on any atom is -0.296 e. The van der Waals surface area contributed by atoms with E-state index in [1.807, 2.05) is 18.2 Å². The van der Waals surface area contributed by atoms with Gasteiger partial charge in [0, 0.05) is 25.5 Å². The molecule has 0 spiro atoms. The fourth-order valence-corrected chi connectivity index (χ4v) is 11.7. The molecule has 1 aliphatic rings. The summed E-state index contributed by atoms with van der Waals surface area (Å²) >= 11 is 0. The van der Waals surface area contributed by atoms with Gasteiger partial charge in [-0.1, -0.05) is 115 Å². The maximum atomic E-state index is 4.86. The van der Waals surface area contributed by atoms with Crippen molar-refractivity contribution in [2.45, 2.75) is 0 Å². The zero-order valence-electron chi connectivity index (χ0n) is 27.9. The molecular formula is C47H36IrNP2+. The minimum absolute atomic E-state index is 0. The molecule has 0 aliphatic heterocycles. The van der Waals surface area contributed by atoms with Crippen molar-refractivity contribution in [1.29, 1.82) is 0 Å². The van der Waals surface area contributed by atoms with E-state index in [0.717, 1.165) is 16.8 Å². The number of benzene rings is 7. The second-order valence-electron chi connectivity index (χ2n) is 12.2. The van der Waals surface area contributed by atoms with Gasteiger partial charge in [0.1, 0.15) is 32.9 Å². The fraction of sp³-hybridized carbons (Fsp3) is 0. The molecule has 0 unspecified atom stereocenters. The summed E-state index contributed by atoms with van der Waals surface area (Å²) in [7, 11) is -1.93. The van der Waals surface area contributed by atoms with Crippen LogP contribution in [0.2, 0.25) is 0 Å². The van der Waals surface area contributed by atoms with E-state index in [1.54, 1.807) is 0 Å². The smallest absolute Gasteiger partial charge is 0.102 e. The Bertz CT molecular complexity index is 2200. The first-order valence-corrected chi connectivity index (χ1v) is 20.1. The largest absolute Gasteiger partial charge is 0.296 e. The summed E-state index contributed by atoms with van der Waals surface area (Å²) in [6, 6.07) is 72.2. The molecule has 8 aromatic rings. The predicted molar refractivity (Wildman–Crippen MR) is 221 cm³/mol. The normalized spacial score (nSPS) is 11.3. The molecule has 1 aliphatic carbocycles. The van der Waals surface area contributed by atoms with Gasteiger partial charge in [-0.3, -0.25) is 4.98 Å². The third-order valence-electron chi connectivity index (χ3n) is 9.08. The van der Waals surface area contributed by atoms with E-state index in [2.05, 4.69) is 194 Å². The molecule has 0 N–H and O–H groups in total. The van der Waals surface area contributed by atoms with Gasteiger partial charge < -0.3 is 0 Å². The SMILES string of the molecule is C(=C/[PH+](c1ccccc1)c1ccccc1)/[PH+](c1ccccc1)c1ccccc1.[Ir].[c-]1ccccc1-c1cc2c3c(cccc3n1)-c1ccccc1-2. The van der Waals surface area contributed by atoms with Crippen LogP contribution < -0.4 is 21.2 Å². The molecule has 4 heteroatoms. The van der Waals surface area contributed by atoms with E-state index >= 15 is 0 Å². The second kappa shape index (κ2) is 16.5. The average Bonchev–Trinajstić information content (AvgIpc) is 3.53. The van der Waals surface area contributed by atoms with E-state index in [-0.39, 0.29) is 20.1 Å². The van der Waals surface area contributed by atoms with Gasteiger partial charge in [0.05, 0.1) is 21.4 Å². The second-order valence-corrected chi connectivity index (χ2v) is 16.8. The van der Waals surface area contributed by atoms with Crippen molar-refractivity contribution >= 4 is 48.0 Å². The first kappa shape index (κ1) is 34.6. The van der Waals surface area contributed by atoms with Crippen LogP contribution in [0.4, 0.5) is 0 Å². The van der Waals surface area contributed by atoms with Gasteiger partial charge in [-0.05, 0) is 82.5 Å². The van der Waals surface area contributed by atoms with Gasteiger partial charge in [0.15, 0.2) is 0 Å². The molecule has 51 heavy (non-hydrogen) atoms. The average molecular weight is 869 g/mol. The number of pyridine rings is 1. The molecule has 0 saturated carbocycles. The van der Waals surface area contributed by atoms with Crippen molar-refractivity contribution in [3.05, 3.63) is 212 Å². The van der Waals surface area contributed by atoms with Crippen molar-refractivity contribution in [3.8, 4) is 33.5 Å². The van der Waals surface area contributed by atoms with Crippen LogP contribution in [0.5, 0.6) is 0 Å². The number of aromatic nitrogens is 1. The summed E-state index contributed by atoms with van der Waals surface area (Å²) in [6.45, 7) is 0. The van der Waals surface area contributed by atoms with Gasteiger partial charge in [-0.15, -0.1) is 35.9 Å². The Morgan fingerprint density at radius 3 is 1.31 bits per heavy atom. The van der Waals surface area contributed by atoms with Crippen LogP contribution in [0.1, 0.15) is 0 Å². The molecule has 0 saturated heterocycles. The Labute approximate surface area is 316 Å². The first-order chi connectivity index (χ1) is 24.8. The van der Waals surface area contributed by atoms with Crippen LogP contribution in [0.3, 0.4) is 0 Å². The third kappa shape index (κ3) is 7.62. The number of hydrogen-bond acceptors (Lipinski definition) is 1. The Morgan fingerprint density at radius 2 is 0.843 bits per heavy atom. The zero-order chi connectivity index (χ0) is 33.5. The Kier molecular flexibility index (Phi) is 11.2. The summed E-state index contributed by atoms with van der Waals surface area (Å²) in [4.78, 5) is 4.86.